The normalized spacial score (nSPS) is 31.2. The molecule has 2 unspecified atom stereocenters. The number of hydrogen-bond acceptors (Lipinski definition) is 3. The van der Waals surface area contributed by atoms with E-state index >= 15 is 0 Å². The van der Waals surface area contributed by atoms with Crippen LogP contribution in [0.3, 0.4) is 0 Å². The summed E-state index contributed by atoms with van der Waals surface area (Å²) < 4.78 is 0. The molecule has 2 rings (SSSR count). The number of hydrogen-bond donors (Lipinski definition) is 1. The van der Waals surface area contributed by atoms with Crippen LogP contribution >= 0.6 is 0 Å². The van der Waals surface area contributed by atoms with E-state index in [1.165, 1.54) is 64.7 Å². The minimum Gasteiger partial charge on any atom is -0.330 e. The summed E-state index contributed by atoms with van der Waals surface area (Å²) in [5.74, 6) is 0.743. The van der Waals surface area contributed by atoms with E-state index < -0.39 is 0 Å². The molecule has 2 fully saturated rings. The summed E-state index contributed by atoms with van der Waals surface area (Å²) in [7, 11) is 2.30. The van der Waals surface area contributed by atoms with Gasteiger partial charge in [0.1, 0.15) is 0 Å². The van der Waals surface area contributed by atoms with Crippen molar-refractivity contribution in [2.45, 2.75) is 44.6 Å². The van der Waals surface area contributed by atoms with Crippen molar-refractivity contribution in [2.24, 2.45) is 11.7 Å². The SMILES string of the molecule is CN(CCN1CCCC1)C1CCCCC1CN. The van der Waals surface area contributed by atoms with Gasteiger partial charge in [-0.15, -0.1) is 0 Å². The second kappa shape index (κ2) is 6.72. The first-order valence-corrected chi connectivity index (χ1v) is 7.44. The summed E-state index contributed by atoms with van der Waals surface area (Å²) in [4.78, 5) is 5.19. The molecule has 0 radical (unpaired) electrons. The van der Waals surface area contributed by atoms with Crippen molar-refractivity contribution in [3.8, 4) is 0 Å². The van der Waals surface area contributed by atoms with E-state index in [-0.39, 0.29) is 0 Å². The molecule has 2 atom stereocenters. The Kier molecular flexibility index (Phi) is 5.26. The van der Waals surface area contributed by atoms with Crippen molar-refractivity contribution >= 4 is 0 Å². The summed E-state index contributed by atoms with van der Waals surface area (Å²) in [6, 6.07) is 0.747. The molecular weight excluding hydrogens is 210 g/mol. The molecule has 1 aliphatic carbocycles. The first-order chi connectivity index (χ1) is 8.31. The van der Waals surface area contributed by atoms with E-state index in [1.54, 1.807) is 0 Å². The van der Waals surface area contributed by atoms with Gasteiger partial charge < -0.3 is 15.5 Å². The Balaban J connectivity index is 1.74. The van der Waals surface area contributed by atoms with E-state index in [0.29, 0.717) is 0 Å². The highest BCUT2D eigenvalue weighted by atomic mass is 15.2. The van der Waals surface area contributed by atoms with Crippen LogP contribution in [0.1, 0.15) is 38.5 Å². The van der Waals surface area contributed by atoms with Crippen LogP contribution in [-0.2, 0) is 0 Å². The fourth-order valence-corrected chi connectivity index (χ4v) is 3.51. The zero-order chi connectivity index (χ0) is 12.1. The van der Waals surface area contributed by atoms with Crippen molar-refractivity contribution in [2.75, 3.05) is 39.8 Å². The minimum absolute atomic E-state index is 0.743. The summed E-state index contributed by atoms with van der Waals surface area (Å²) in [6.45, 7) is 5.99. The smallest absolute Gasteiger partial charge is 0.0133 e. The third-order valence-electron chi connectivity index (χ3n) is 4.71. The fourth-order valence-electron chi connectivity index (χ4n) is 3.51. The molecule has 0 aromatic rings. The molecule has 17 heavy (non-hydrogen) atoms. The number of nitrogens with zero attached hydrogens (tertiary/aromatic N) is 2. The molecule has 0 aromatic heterocycles. The third kappa shape index (κ3) is 3.67. The molecule has 0 amide bonds. The molecule has 0 bridgehead atoms. The van der Waals surface area contributed by atoms with Crippen LogP contribution in [0.4, 0.5) is 0 Å². The van der Waals surface area contributed by atoms with Crippen molar-refractivity contribution in [3.63, 3.8) is 0 Å². The van der Waals surface area contributed by atoms with Crippen LogP contribution in [-0.4, -0.2) is 55.6 Å². The second-order valence-electron chi connectivity index (χ2n) is 5.88. The molecule has 3 nitrogen and oxygen atoms in total. The molecule has 1 saturated carbocycles. The lowest BCUT2D eigenvalue weighted by molar-refractivity contribution is 0.122. The molecule has 2 N–H and O–H groups in total. The zero-order valence-electron chi connectivity index (χ0n) is 11.4. The molecule has 1 heterocycles. The van der Waals surface area contributed by atoms with E-state index in [0.717, 1.165) is 18.5 Å². The van der Waals surface area contributed by atoms with Gasteiger partial charge >= 0.3 is 0 Å². The third-order valence-corrected chi connectivity index (χ3v) is 4.71. The van der Waals surface area contributed by atoms with Crippen molar-refractivity contribution < 1.29 is 0 Å². The van der Waals surface area contributed by atoms with Crippen LogP contribution < -0.4 is 5.73 Å². The van der Waals surface area contributed by atoms with Gasteiger partial charge in [-0.3, -0.25) is 0 Å². The lowest BCUT2D eigenvalue weighted by Gasteiger charge is -2.38. The van der Waals surface area contributed by atoms with Gasteiger partial charge in [-0.1, -0.05) is 12.8 Å². The Labute approximate surface area is 106 Å². The monoisotopic (exact) mass is 239 g/mol. The van der Waals surface area contributed by atoms with Crippen molar-refractivity contribution in [3.05, 3.63) is 0 Å². The van der Waals surface area contributed by atoms with Crippen molar-refractivity contribution in [1.29, 1.82) is 0 Å². The maximum absolute atomic E-state index is 5.91. The number of likely N-dealkylation sites (N-methyl/N-ethyl adjacent to an activating group) is 1. The Bertz CT molecular complexity index is 214. The molecule has 3 heteroatoms. The molecule has 1 aliphatic heterocycles. The highest BCUT2D eigenvalue weighted by Crippen LogP contribution is 2.27. The summed E-state index contributed by atoms with van der Waals surface area (Å²) in [6.07, 6.45) is 8.29. The number of likely N-dealkylation sites (tertiary alicyclic amines) is 1. The Morgan fingerprint density at radius 3 is 2.53 bits per heavy atom. The van der Waals surface area contributed by atoms with Gasteiger partial charge in [0.05, 0.1) is 0 Å². The molecule has 1 saturated heterocycles. The molecule has 0 spiro atoms. The Morgan fingerprint density at radius 1 is 1.12 bits per heavy atom. The lowest BCUT2D eigenvalue weighted by Crippen LogP contribution is -2.45. The van der Waals surface area contributed by atoms with Gasteiger partial charge in [0, 0.05) is 19.1 Å². The topological polar surface area (TPSA) is 32.5 Å². The summed E-state index contributed by atoms with van der Waals surface area (Å²) in [5.41, 5.74) is 5.91. The fraction of sp³-hybridized carbons (Fsp3) is 1.00. The summed E-state index contributed by atoms with van der Waals surface area (Å²) in [5, 5.41) is 0. The zero-order valence-corrected chi connectivity index (χ0v) is 11.4. The van der Waals surface area contributed by atoms with E-state index in [9.17, 15) is 0 Å². The highest BCUT2D eigenvalue weighted by molar-refractivity contribution is 4.83. The first kappa shape index (κ1) is 13.3. The minimum atomic E-state index is 0.743. The summed E-state index contributed by atoms with van der Waals surface area (Å²) >= 11 is 0. The average molecular weight is 239 g/mol. The first-order valence-electron chi connectivity index (χ1n) is 7.44. The van der Waals surface area contributed by atoms with Gasteiger partial charge in [0.2, 0.25) is 0 Å². The van der Waals surface area contributed by atoms with Gasteiger partial charge in [-0.2, -0.15) is 0 Å². The average Bonchev–Trinajstić information content (AvgIpc) is 2.89. The number of rotatable bonds is 5. The van der Waals surface area contributed by atoms with E-state index in [2.05, 4.69) is 16.8 Å². The molecule has 100 valence electrons. The predicted molar refractivity (Wildman–Crippen MR) is 73.1 cm³/mol. The predicted octanol–water partition coefficient (Wildman–Crippen LogP) is 1.53. The Hall–Kier alpha value is -0.120. The molecular formula is C14H29N3. The van der Waals surface area contributed by atoms with Gasteiger partial charge in [0.15, 0.2) is 0 Å². The van der Waals surface area contributed by atoms with Gasteiger partial charge in [-0.05, 0) is 58.3 Å². The lowest BCUT2D eigenvalue weighted by atomic mass is 9.84. The molecule has 0 aromatic carbocycles. The highest BCUT2D eigenvalue weighted by Gasteiger charge is 2.27. The van der Waals surface area contributed by atoms with Gasteiger partial charge in [0.25, 0.3) is 0 Å². The largest absolute Gasteiger partial charge is 0.330 e. The maximum atomic E-state index is 5.91. The maximum Gasteiger partial charge on any atom is 0.0133 e. The molecule has 2 aliphatic rings. The quantitative estimate of drug-likeness (QED) is 0.790. The van der Waals surface area contributed by atoms with Crippen LogP contribution in [0.15, 0.2) is 0 Å². The number of nitrogens with two attached hydrogens (primary N) is 1. The Morgan fingerprint density at radius 2 is 1.82 bits per heavy atom. The van der Waals surface area contributed by atoms with Crippen LogP contribution in [0.25, 0.3) is 0 Å². The van der Waals surface area contributed by atoms with E-state index in [1.807, 2.05) is 0 Å². The van der Waals surface area contributed by atoms with Crippen LogP contribution in [0.5, 0.6) is 0 Å². The van der Waals surface area contributed by atoms with Crippen LogP contribution in [0.2, 0.25) is 0 Å². The standard InChI is InChI=1S/C14H29N3/c1-16(10-11-17-8-4-5-9-17)14-7-3-2-6-13(14)12-15/h13-14H,2-12,15H2,1H3. The van der Waals surface area contributed by atoms with Crippen molar-refractivity contribution in [1.82, 2.24) is 9.80 Å². The van der Waals surface area contributed by atoms with Crippen LogP contribution in [0, 0.1) is 5.92 Å². The van der Waals surface area contributed by atoms with E-state index in [4.69, 9.17) is 5.73 Å². The van der Waals surface area contributed by atoms with Gasteiger partial charge in [-0.25, -0.2) is 0 Å². The second-order valence-corrected chi connectivity index (χ2v) is 5.88.